The monoisotopic (exact) mass is 930 g/mol. The van der Waals surface area contributed by atoms with E-state index in [1.165, 1.54) is 24.2 Å². The molecule has 5 atom stereocenters. The summed E-state index contributed by atoms with van der Waals surface area (Å²) in [4.78, 5) is 34.2. The number of sulfonamides is 1. The van der Waals surface area contributed by atoms with Gasteiger partial charge in [-0.1, -0.05) is 35.3 Å². The van der Waals surface area contributed by atoms with Gasteiger partial charge in [-0.25, -0.2) is 31.0 Å². The van der Waals surface area contributed by atoms with E-state index in [1.807, 2.05) is 6.92 Å². The summed E-state index contributed by atoms with van der Waals surface area (Å²) in [5.74, 6) is -9.80. The maximum Gasteiger partial charge on any atom is 0.293 e. The number of hydrogen-bond donors (Lipinski definition) is 2. The molecule has 5 aromatic rings. The second-order valence-corrected chi connectivity index (χ2v) is 18.7. The fourth-order valence-electron chi connectivity index (χ4n) is 9.08. The molecule has 4 aliphatic rings. The lowest BCUT2D eigenvalue weighted by molar-refractivity contribution is -0.123. The van der Waals surface area contributed by atoms with Crippen molar-refractivity contribution >= 4 is 61.6 Å². The molecule has 3 aromatic carbocycles. The van der Waals surface area contributed by atoms with Gasteiger partial charge in [0, 0.05) is 41.1 Å². The summed E-state index contributed by atoms with van der Waals surface area (Å²) in [5, 5.41) is 12.9. The Morgan fingerprint density at radius 2 is 1.76 bits per heavy atom. The van der Waals surface area contributed by atoms with Crippen LogP contribution in [-0.2, 0) is 33.7 Å². The number of hydrogen-bond acceptors (Lipinski definition) is 8. The first kappa shape index (κ1) is 42.6. The van der Waals surface area contributed by atoms with Crippen LogP contribution in [-0.4, -0.2) is 63.8 Å². The van der Waals surface area contributed by atoms with E-state index < -0.39 is 99.7 Å². The van der Waals surface area contributed by atoms with E-state index in [-0.39, 0.29) is 50.8 Å². The van der Waals surface area contributed by atoms with Crippen molar-refractivity contribution in [1.29, 1.82) is 0 Å². The van der Waals surface area contributed by atoms with Gasteiger partial charge < -0.3 is 5.32 Å². The SMILES string of the molecule is Cc1cc(Cl)ccc1-c1ccc2c(=O)n(C3=CC=C(Cl)C4C(NS(C)(=O)=O)=NN(C)C34)c([C@H](Cc3cc(F)cc(F)c3)NC(=O)Cn3nc(C(F)F)c4c3C(F)(F)C3CC43)nc2c1. The van der Waals surface area contributed by atoms with Crippen molar-refractivity contribution in [2.45, 2.75) is 56.7 Å². The molecule has 3 heterocycles. The highest BCUT2D eigenvalue weighted by atomic mass is 35.5. The van der Waals surface area contributed by atoms with Gasteiger partial charge in [0.2, 0.25) is 15.9 Å². The molecule has 328 valence electrons. The number of rotatable bonds is 10. The zero-order chi connectivity index (χ0) is 45.0. The van der Waals surface area contributed by atoms with Gasteiger partial charge in [-0.2, -0.15) is 19.0 Å². The van der Waals surface area contributed by atoms with Crippen molar-refractivity contribution in [3.8, 4) is 11.1 Å². The Labute approximate surface area is 364 Å². The van der Waals surface area contributed by atoms with Crippen LogP contribution in [0.3, 0.4) is 0 Å². The number of aromatic nitrogens is 4. The molecule has 1 fully saturated rings. The number of halogens is 8. The van der Waals surface area contributed by atoms with Crippen molar-refractivity contribution < 1.29 is 39.6 Å². The minimum Gasteiger partial charge on any atom is -0.344 e. The molecule has 1 aliphatic heterocycles. The standard InChI is InChI=1S/C42H34Cl2F6N8O4S/c1-18-10-21(43)5-7-24(18)20-4-6-25-29(14-20)52-40(58(41(25)60)31-9-8-28(44)34-36(31)56(2)54-39(34)55-63(3,61)62)30(13-19-11-22(45)15-23(46)12-19)51-32(59)17-57-37-33(35(53-57)38(47)48)26-16-27(26)42(37,49)50/h4-12,14-15,26-27,30,34,36,38H,13,16-17H2,1-3H3,(H,51,59)(H,54,55)/t26?,27?,30-,34?,36?/m0/s1. The minimum atomic E-state index is -3.88. The summed E-state index contributed by atoms with van der Waals surface area (Å²) in [7, 11) is -2.36. The molecule has 2 aromatic heterocycles. The average molecular weight is 932 g/mol. The Balaban J connectivity index is 1.22. The number of benzene rings is 3. The second-order valence-electron chi connectivity index (χ2n) is 16.1. The molecule has 63 heavy (non-hydrogen) atoms. The van der Waals surface area contributed by atoms with E-state index in [4.69, 9.17) is 28.2 Å². The number of hydrazone groups is 1. The largest absolute Gasteiger partial charge is 0.344 e. The van der Waals surface area contributed by atoms with E-state index in [0.717, 1.165) is 34.1 Å². The summed E-state index contributed by atoms with van der Waals surface area (Å²) in [6.07, 6.45) is 0.192. The molecule has 0 bridgehead atoms. The van der Waals surface area contributed by atoms with E-state index in [9.17, 15) is 30.8 Å². The van der Waals surface area contributed by atoms with Gasteiger partial charge in [-0.05, 0) is 90.1 Å². The first-order valence-corrected chi connectivity index (χ1v) is 22.1. The molecule has 0 spiro atoms. The second kappa shape index (κ2) is 15.3. The van der Waals surface area contributed by atoms with Crippen LogP contribution in [0.4, 0.5) is 26.3 Å². The number of carbonyl (C=O) groups is 1. The van der Waals surface area contributed by atoms with E-state index >= 15 is 13.6 Å². The molecule has 0 radical (unpaired) electrons. The van der Waals surface area contributed by atoms with Gasteiger partial charge in [-0.3, -0.25) is 28.6 Å². The molecule has 3 aliphatic carbocycles. The lowest BCUT2D eigenvalue weighted by Crippen LogP contribution is -2.44. The summed E-state index contributed by atoms with van der Waals surface area (Å²) in [5.41, 5.74) is -0.212. The third kappa shape index (κ3) is 7.56. The topological polar surface area (TPSA) is 144 Å². The third-order valence-corrected chi connectivity index (χ3v) is 12.9. The van der Waals surface area contributed by atoms with Crippen molar-refractivity contribution in [2.75, 3.05) is 13.3 Å². The first-order chi connectivity index (χ1) is 29.7. The zero-order valence-electron chi connectivity index (χ0n) is 33.2. The van der Waals surface area contributed by atoms with E-state index in [0.29, 0.717) is 21.3 Å². The minimum absolute atomic E-state index is 0.00150. The summed E-state index contributed by atoms with van der Waals surface area (Å²) >= 11 is 12.9. The van der Waals surface area contributed by atoms with Crippen molar-refractivity contribution in [2.24, 2.45) is 16.9 Å². The van der Waals surface area contributed by atoms with Crippen LogP contribution in [0.1, 0.15) is 58.7 Å². The molecule has 21 heteroatoms. The predicted octanol–water partition coefficient (Wildman–Crippen LogP) is 7.52. The van der Waals surface area contributed by atoms with E-state index in [1.54, 1.807) is 36.4 Å². The molecule has 1 amide bonds. The highest BCUT2D eigenvalue weighted by Crippen LogP contribution is 2.68. The highest BCUT2D eigenvalue weighted by Gasteiger charge is 2.67. The number of likely N-dealkylation sites (N-methyl/N-ethyl adjacent to an activating group) is 1. The number of fused-ring (bicyclic) bond motifs is 5. The molecule has 1 saturated carbocycles. The predicted molar refractivity (Wildman–Crippen MR) is 223 cm³/mol. The molecule has 9 rings (SSSR count). The Bertz CT molecular complexity index is 3040. The van der Waals surface area contributed by atoms with Crippen LogP contribution in [0.25, 0.3) is 27.7 Å². The fraction of sp³-hybridized carbons (Fsp3) is 0.310. The lowest BCUT2D eigenvalue weighted by Gasteiger charge is -2.33. The number of nitrogens with zero attached hydrogens (tertiary/aromatic N) is 6. The van der Waals surface area contributed by atoms with Crippen LogP contribution in [0, 0.1) is 30.4 Å². The molecular formula is C42H34Cl2F6N8O4S. The summed E-state index contributed by atoms with van der Waals surface area (Å²) < 4.78 is 118. The maximum atomic E-state index is 15.6. The average Bonchev–Trinajstić information content (AvgIpc) is 3.72. The van der Waals surface area contributed by atoms with Crippen LogP contribution < -0.4 is 15.6 Å². The van der Waals surface area contributed by atoms with E-state index in [2.05, 4.69) is 20.2 Å². The Morgan fingerprint density at radius 1 is 1.03 bits per heavy atom. The highest BCUT2D eigenvalue weighted by molar-refractivity contribution is 7.89. The van der Waals surface area contributed by atoms with Gasteiger partial charge in [0.05, 0.1) is 34.8 Å². The van der Waals surface area contributed by atoms with Gasteiger partial charge in [0.1, 0.15) is 47.3 Å². The lowest BCUT2D eigenvalue weighted by atomic mass is 9.91. The normalized spacial score (nSPS) is 21.4. The van der Waals surface area contributed by atoms with Gasteiger partial charge in [0.15, 0.2) is 0 Å². The van der Waals surface area contributed by atoms with Gasteiger partial charge >= 0.3 is 0 Å². The zero-order valence-corrected chi connectivity index (χ0v) is 35.5. The number of aryl methyl sites for hydroxylation is 1. The van der Waals surface area contributed by atoms with Gasteiger partial charge in [-0.15, -0.1) is 0 Å². The first-order valence-electron chi connectivity index (χ1n) is 19.4. The third-order valence-electron chi connectivity index (χ3n) is 11.7. The number of carbonyl (C=O) groups excluding carboxylic acids is 1. The molecular weight excluding hydrogens is 897 g/mol. The Morgan fingerprint density at radius 3 is 2.44 bits per heavy atom. The van der Waals surface area contributed by atoms with Crippen LogP contribution in [0.2, 0.25) is 5.02 Å². The number of alkyl halides is 4. The van der Waals surface area contributed by atoms with Crippen LogP contribution >= 0.6 is 23.2 Å². The summed E-state index contributed by atoms with van der Waals surface area (Å²) in [6.45, 7) is 0.862. The maximum absolute atomic E-state index is 15.6. The number of amides is 1. The molecule has 2 N–H and O–H groups in total. The van der Waals surface area contributed by atoms with Crippen LogP contribution in [0.15, 0.2) is 81.7 Å². The number of allylic oxidation sites excluding steroid dienone is 2. The molecule has 12 nitrogen and oxygen atoms in total. The molecule has 4 unspecified atom stereocenters. The Hall–Kier alpha value is -5.66. The van der Waals surface area contributed by atoms with Gasteiger partial charge in [0.25, 0.3) is 17.9 Å². The molecule has 0 saturated heterocycles. The van der Waals surface area contributed by atoms with Crippen molar-refractivity contribution in [3.63, 3.8) is 0 Å². The summed E-state index contributed by atoms with van der Waals surface area (Å²) in [6, 6.07) is 10.2. The number of amidine groups is 1. The fourth-order valence-corrected chi connectivity index (χ4v) is 10.1. The Kier molecular flexibility index (Phi) is 10.3. The smallest absolute Gasteiger partial charge is 0.293 e. The quantitative estimate of drug-likeness (QED) is 0.138. The van der Waals surface area contributed by atoms with Crippen LogP contribution in [0.5, 0.6) is 0 Å². The number of nitrogens with one attached hydrogen (secondary N) is 2. The van der Waals surface area contributed by atoms with Crippen molar-refractivity contribution in [3.05, 3.63) is 133 Å². The van der Waals surface area contributed by atoms with Crippen molar-refractivity contribution in [1.82, 2.24) is 34.4 Å².